The first-order valence-electron chi connectivity index (χ1n) is 4.88. The van der Waals surface area contributed by atoms with Crippen LogP contribution in [0.4, 0.5) is 0 Å². The van der Waals surface area contributed by atoms with Gasteiger partial charge in [-0.3, -0.25) is 0 Å². The summed E-state index contributed by atoms with van der Waals surface area (Å²) in [4.78, 5) is 0.0324. The van der Waals surface area contributed by atoms with Crippen LogP contribution in [0.25, 0.3) is 11.1 Å². The minimum atomic E-state index is -3.82. The van der Waals surface area contributed by atoms with E-state index in [1.807, 2.05) is 0 Å². The van der Waals surface area contributed by atoms with E-state index in [0.717, 1.165) is 0 Å². The third kappa shape index (κ3) is 2.98. The van der Waals surface area contributed by atoms with Crippen LogP contribution in [0, 0.1) is 0 Å². The molecule has 0 radical (unpaired) electrons. The van der Waals surface area contributed by atoms with Gasteiger partial charge in [-0.15, -0.1) is 0 Å². The van der Waals surface area contributed by atoms with Crippen LogP contribution in [0.2, 0.25) is 10.0 Å². The zero-order valence-corrected chi connectivity index (χ0v) is 12.0. The zero-order valence-electron chi connectivity index (χ0n) is 8.90. The highest BCUT2D eigenvalue weighted by molar-refractivity contribution is 8.13. The molecule has 0 aliphatic heterocycles. The van der Waals surface area contributed by atoms with Crippen molar-refractivity contribution in [1.29, 1.82) is 0 Å². The molecule has 6 heteroatoms. The van der Waals surface area contributed by atoms with Crippen molar-refractivity contribution in [1.82, 2.24) is 0 Å². The molecule has 2 aromatic rings. The van der Waals surface area contributed by atoms with E-state index >= 15 is 0 Å². The number of halogens is 3. The molecule has 0 bridgehead atoms. The lowest BCUT2D eigenvalue weighted by atomic mass is 10.1. The molecule has 0 saturated heterocycles. The highest BCUT2D eigenvalue weighted by Crippen LogP contribution is 2.32. The molecule has 0 saturated carbocycles. The van der Waals surface area contributed by atoms with Crippen molar-refractivity contribution in [2.45, 2.75) is 4.90 Å². The lowest BCUT2D eigenvalue weighted by Gasteiger charge is -2.07. The fraction of sp³-hybridized carbons (Fsp3) is 0. The Morgan fingerprint density at radius 2 is 1.44 bits per heavy atom. The molecule has 18 heavy (non-hydrogen) atoms. The van der Waals surface area contributed by atoms with Crippen molar-refractivity contribution in [2.75, 3.05) is 0 Å². The molecule has 2 aromatic carbocycles. The lowest BCUT2D eigenvalue weighted by molar-refractivity contribution is 0.610. The van der Waals surface area contributed by atoms with E-state index in [4.69, 9.17) is 33.9 Å². The van der Waals surface area contributed by atoms with Crippen LogP contribution in [0.15, 0.2) is 47.4 Å². The Morgan fingerprint density at radius 3 is 2.00 bits per heavy atom. The van der Waals surface area contributed by atoms with Gasteiger partial charge >= 0.3 is 0 Å². The second kappa shape index (κ2) is 5.10. The molecule has 0 unspecified atom stereocenters. The highest BCUT2D eigenvalue weighted by Gasteiger charge is 2.16. The molecule has 0 heterocycles. The lowest BCUT2D eigenvalue weighted by Crippen LogP contribution is -1.94. The normalized spacial score (nSPS) is 11.5. The van der Waals surface area contributed by atoms with Crippen LogP contribution in [0.3, 0.4) is 0 Å². The van der Waals surface area contributed by atoms with Gasteiger partial charge in [-0.25, -0.2) is 8.42 Å². The number of benzene rings is 2. The smallest absolute Gasteiger partial charge is 0.207 e. The van der Waals surface area contributed by atoms with Gasteiger partial charge in [-0.1, -0.05) is 41.4 Å². The Labute approximate surface area is 120 Å². The first-order valence-corrected chi connectivity index (χ1v) is 7.94. The minimum absolute atomic E-state index is 0.0324. The second-order valence-electron chi connectivity index (χ2n) is 3.59. The standard InChI is InChI=1S/C12H7Cl3O2S/c13-9-5-8(6-10(14)7-9)11-3-1-2-4-12(11)18(15,16)17/h1-7H. The zero-order chi connectivity index (χ0) is 13.3. The molecule has 0 aliphatic rings. The third-order valence-electron chi connectivity index (χ3n) is 2.32. The topological polar surface area (TPSA) is 34.1 Å². The van der Waals surface area contributed by atoms with Crippen molar-refractivity contribution >= 4 is 42.9 Å². The fourth-order valence-corrected chi connectivity index (χ4v) is 3.25. The second-order valence-corrected chi connectivity index (χ2v) is 7.00. The average Bonchev–Trinajstić information content (AvgIpc) is 2.26. The van der Waals surface area contributed by atoms with Crippen molar-refractivity contribution in [3.8, 4) is 11.1 Å². The van der Waals surface area contributed by atoms with Crippen LogP contribution >= 0.6 is 33.9 Å². The van der Waals surface area contributed by atoms with E-state index in [9.17, 15) is 8.42 Å². The molecule has 0 atom stereocenters. The van der Waals surface area contributed by atoms with Crippen LogP contribution in [0.1, 0.15) is 0 Å². The SMILES string of the molecule is O=S(=O)(Cl)c1ccccc1-c1cc(Cl)cc(Cl)c1. The van der Waals surface area contributed by atoms with Gasteiger partial charge in [-0.2, -0.15) is 0 Å². The average molecular weight is 322 g/mol. The van der Waals surface area contributed by atoms with E-state index in [2.05, 4.69) is 0 Å². The number of hydrogen-bond acceptors (Lipinski definition) is 2. The summed E-state index contributed by atoms with van der Waals surface area (Å²) in [5, 5.41) is 0.860. The van der Waals surface area contributed by atoms with Crippen molar-refractivity contribution in [2.24, 2.45) is 0 Å². The largest absolute Gasteiger partial charge is 0.261 e. The molecule has 0 N–H and O–H groups in total. The van der Waals surface area contributed by atoms with Crippen LogP contribution in [-0.2, 0) is 9.05 Å². The number of rotatable bonds is 2. The molecular weight excluding hydrogens is 315 g/mol. The van der Waals surface area contributed by atoms with E-state index in [-0.39, 0.29) is 4.90 Å². The predicted octanol–water partition coefficient (Wildman–Crippen LogP) is 4.59. The van der Waals surface area contributed by atoms with Gasteiger partial charge < -0.3 is 0 Å². The Balaban J connectivity index is 2.72. The first kappa shape index (κ1) is 13.7. The Kier molecular flexibility index (Phi) is 3.87. The molecule has 0 fully saturated rings. The van der Waals surface area contributed by atoms with Gasteiger partial charge in [0.25, 0.3) is 9.05 Å². The Bertz CT molecular complexity index is 676. The predicted molar refractivity (Wildman–Crippen MR) is 74.9 cm³/mol. The molecule has 0 aromatic heterocycles. The third-order valence-corrected chi connectivity index (χ3v) is 4.14. The molecule has 0 aliphatic carbocycles. The van der Waals surface area contributed by atoms with E-state index in [0.29, 0.717) is 21.2 Å². The summed E-state index contributed by atoms with van der Waals surface area (Å²) in [5.74, 6) is 0. The summed E-state index contributed by atoms with van der Waals surface area (Å²) >= 11 is 11.8. The van der Waals surface area contributed by atoms with Gasteiger partial charge in [0.05, 0.1) is 4.90 Å². The monoisotopic (exact) mass is 320 g/mol. The molecule has 0 amide bonds. The molecule has 2 nitrogen and oxygen atoms in total. The minimum Gasteiger partial charge on any atom is -0.207 e. The molecule has 94 valence electrons. The summed E-state index contributed by atoms with van der Waals surface area (Å²) in [7, 11) is 1.58. The maximum Gasteiger partial charge on any atom is 0.261 e. The van der Waals surface area contributed by atoms with Crippen LogP contribution in [0.5, 0.6) is 0 Å². The van der Waals surface area contributed by atoms with Gasteiger partial charge in [0.1, 0.15) is 0 Å². The van der Waals surface area contributed by atoms with Crippen LogP contribution < -0.4 is 0 Å². The number of hydrogen-bond donors (Lipinski definition) is 0. The quantitative estimate of drug-likeness (QED) is 0.758. The van der Waals surface area contributed by atoms with E-state index < -0.39 is 9.05 Å². The van der Waals surface area contributed by atoms with E-state index in [1.54, 1.807) is 36.4 Å². The first-order chi connectivity index (χ1) is 8.38. The Morgan fingerprint density at radius 1 is 0.889 bits per heavy atom. The van der Waals surface area contributed by atoms with Gasteiger partial charge in [0.2, 0.25) is 0 Å². The van der Waals surface area contributed by atoms with Crippen LogP contribution in [-0.4, -0.2) is 8.42 Å². The van der Waals surface area contributed by atoms with Gasteiger partial charge in [0.15, 0.2) is 0 Å². The highest BCUT2D eigenvalue weighted by atomic mass is 35.7. The van der Waals surface area contributed by atoms with Crippen molar-refractivity contribution < 1.29 is 8.42 Å². The summed E-state index contributed by atoms with van der Waals surface area (Å²) in [6, 6.07) is 11.2. The summed E-state index contributed by atoms with van der Waals surface area (Å²) in [6.45, 7) is 0. The molecule has 2 rings (SSSR count). The van der Waals surface area contributed by atoms with Gasteiger partial charge in [-0.05, 0) is 29.8 Å². The van der Waals surface area contributed by atoms with Crippen molar-refractivity contribution in [3.63, 3.8) is 0 Å². The fourth-order valence-electron chi connectivity index (χ4n) is 1.63. The summed E-state index contributed by atoms with van der Waals surface area (Å²) in [5.41, 5.74) is 1.07. The summed E-state index contributed by atoms with van der Waals surface area (Å²) in [6.07, 6.45) is 0. The van der Waals surface area contributed by atoms with Crippen molar-refractivity contribution in [3.05, 3.63) is 52.5 Å². The Hall–Kier alpha value is -0.740. The molecule has 0 spiro atoms. The van der Waals surface area contributed by atoms with Gasteiger partial charge in [0, 0.05) is 26.3 Å². The maximum absolute atomic E-state index is 11.5. The summed E-state index contributed by atoms with van der Waals surface area (Å²) < 4.78 is 23.0. The molecular formula is C12H7Cl3O2S. The maximum atomic E-state index is 11.5. The van der Waals surface area contributed by atoms with E-state index in [1.165, 1.54) is 6.07 Å².